The van der Waals surface area contributed by atoms with Crippen LogP contribution in [-0.4, -0.2) is 12.9 Å². The standard InChI is InChI=1S/C13H20O2/c1-5-13(8-6-7-11(2)14)10-9-12(3)15-4/h5,9-10H,3,6-8H2,1-2,4H3. The third-order valence-corrected chi connectivity index (χ3v) is 2.11. The second-order valence-corrected chi connectivity index (χ2v) is 3.42. The van der Waals surface area contributed by atoms with Crippen molar-refractivity contribution < 1.29 is 9.53 Å². The first kappa shape index (κ1) is 13.7. The molecule has 2 heteroatoms. The zero-order valence-corrected chi connectivity index (χ0v) is 9.88. The molecular formula is C13H20O2. The van der Waals surface area contributed by atoms with Gasteiger partial charge in [0, 0.05) is 6.42 Å². The molecule has 0 aliphatic heterocycles. The van der Waals surface area contributed by atoms with Crippen LogP contribution < -0.4 is 0 Å². The van der Waals surface area contributed by atoms with Crippen LogP contribution in [0.2, 0.25) is 0 Å². The lowest BCUT2D eigenvalue weighted by molar-refractivity contribution is -0.117. The van der Waals surface area contributed by atoms with Crippen LogP contribution in [0.4, 0.5) is 0 Å². The first-order valence-corrected chi connectivity index (χ1v) is 5.15. The van der Waals surface area contributed by atoms with Crippen LogP contribution in [0.3, 0.4) is 0 Å². The monoisotopic (exact) mass is 208 g/mol. The van der Waals surface area contributed by atoms with Gasteiger partial charge in [-0.05, 0) is 32.8 Å². The Morgan fingerprint density at radius 2 is 2.00 bits per heavy atom. The highest BCUT2D eigenvalue weighted by atomic mass is 16.5. The second kappa shape index (κ2) is 8.04. The van der Waals surface area contributed by atoms with E-state index in [1.165, 1.54) is 5.57 Å². The maximum absolute atomic E-state index is 10.8. The smallest absolute Gasteiger partial charge is 0.129 e. The summed E-state index contributed by atoms with van der Waals surface area (Å²) in [5.41, 5.74) is 1.20. The van der Waals surface area contributed by atoms with Gasteiger partial charge in [-0.2, -0.15) is 0 Å². The van der Waals surface area contributed by atoms with Crippen LogP contribution in [0.5, 0.6) is 0 Å². The Morgan fingerprint density at radius 3 is 2.47 bits per heavy atom. The topological polar surface area (TPSA) is 26.3 Å². The van der Waals surface area contributed by atoms with Crippen LogP contribution in [-0.2, 0) is 9.53 Å². The van der Waals surface area contributed by atoms with E-state index in [0.29, 0.717) is 12.2 Å². The third-order valence-electron chi connectivity index (χ3n) is 2.11. The van der Waals surface area contributed by atoms with Crippen molar-refractivity contribution in [1.29, 1.82) is 0 Å². The predicted octanol–water partition coefficient (Wildman–Crippen LogP) is 3.41. The molecule has 2 nitrogen and oxygen atoms in total. The van der Waals surface area contributed by atoms with E-state index < -0.39 is 0 Å². The first-order valence-electron chi connectivity index (χ1n) is 5.15. The van der Waals surface area contributed by atoms with Gasteiger partial charge in [-0.15, -0.1) is 0 Å². The lowest BCUT2D eigenvalue weighted by Gasteiger charge is -2.01. The molecule has 0 saturated carbocycles. The Morgan fingerprint density at radius 1 is 1.33 bits per heavy atom. The number of methoxy groups -OCH3 is 1. The molecule has 0 rings (SSSR count). The van der Waals surface area contributed by atoms with E-state index in [-0.39, 0.29) is 5.78 Å². The Balaban J connectivity index is 4.00. The van der Waals surface area contributed by atoms with Crippen LogP contribution in [0, 0.1) is 0 Å². The number of Topliss-reactive ketones (excluding diaryl/α,β-unsaturated/α-hetero) is 1. The first-order chi connectivity index (χ1) is 7.10. The van der Waals surface area contributed by atoms with Gasteiger partial charge < -0.3 is 9.53 Å². The largest absolute Gasteiger partial charge is 0.497 e. The summed E-state index contributed by atoms with van der Waals surface area (Å²) >= 11 is 0. The third kappa shape index (κ3) is 7.74. The maximum atomic E-state index is 10.8. The molecule has 0 bridgehead atoms. The number of hydrogen-bond donors (Lipinski definition) is 0. The molecule has 0 radical (unpaired) electrons. The molecule has 0 heterocycles. The summed E-state index contributed by atoms with van der Waals surface area (Å²) in [5.74, 6) is 0.886. The Kier molecular flexibility index (Phi) is 7.33. The molecule has 0 aromatic rings. The van der Waals surface area contributed by atoms with Gasteiger partial charge in [0.15, 0.2) is 0 Å². The lowest BCUT2D eigenvalue weighted by atomic mass is 10.1. The summed E-state index contributed by atoms with van der Waals surface area (Å²) < 4.78 is 4.93. The summed E-state index contributed by atoms with van der Waals surface area (Å²) in [7, 11) is 1.59. The summed E-state index contributed by atoms with van der Waals surface area (Å²) in [6.45, 7) is 7.31. The van der Waals surface area contributed by atoms with Crippen LogP contribution in [0.1, 0.15) is 33.1 Å². The van der Waals surface area contributed by atoms with Crippen LogP contribution >= 0.6 is 0 Å². The number of carbonyl (C=O) groups is 1. The molecule has 15 heavy (non-hydrogen) atoms. The van der Waals surface area contributed by atoms with E-state index in [2.05, 4.69) is 6.58 Å². The van der Waals surface area contributed by atoms with Crippen molar-refractivity contribution >= 4 is 5.78 Å². The SMILES string of the molecule is C=C(C=CC(=CC)CCCC(C)=O)OC. The number of rotatable bonds is 7. The summed E-state index contributed by atoms with van der Waals surface area (Å²) in [5, 5.41) is 0. The van der Waals surface area contributed by atoms with Gasteiger partial charge in [0.05, 0.1) is 7.11 Å². The van der Waals surface area contributed by atoms with Crippen molar-refractivity contribution in [3.05, 3.63) is 36.1 Å². The Hall–Kier alpha value is -1.31. The molecule has 0 aliphatic rings. The van der Waals surface area contributed by atoms with Crippen molar-refractivity contribution in [1.82, 2.24) is 0 Å². The quantitative estimate of drug-likeness (QED) is 0.473. The van der Waals surface area contributed by atoms with Gasteiger partial charge in [0.2, 0.25) is 0 Å². The predicted molar refractivity (Wildman–Crippen MR) is 63.6 cm³/mol. The van der Waals surface area contributed by atoms with Gasteiger partial charge in [0.25, 0.3) is 0 Å². The molecule has 0 saturated heterocycles. The van der Waals surface area contributed by atoms with E-state index in [1.54, 1.807) is 14.0 Å². The summed E-state index contributed by atoms with van der Waals surface area (Å²) in [6.07, 6.45) is 8.33. The number of carbonyl (C=O) groups excluding carboxylic acids is 1. The normalized spacial score (nSPS) is 11.8. The van der Waals surface area contributed by atoms with Gasteiger partial charge >= 0.3 is 0 Å². The molecule has 0 atom stereocenters. The van der Waals surface area contributed by atoms with Gasteiger partial charge in [-0.25, -0.2) is 0 Å². The molecule has 0 fully saturated rings. The fourth-order valence-electron chi connectivity index (χ4n) is 1.13. The van der Waals surface area contributed by atoms with Crippen LogP contribution in [0.15, 0.2) is 36.1 Å². The van der Waals surface area contributed by atoms with Gasteiger partial charge in [-0.1, -0.05) is 24.3 Å². The molecular weight excluding hydrogens is 188 g/mol. The lowest BCUT2D eigenvalue weighted by Crippen LogP contribution is -1.90. The van der Waals surface area contributed by atoms with E-state index in [0.717, 1.165) is 12.8 Å². The van der Waals surface area contributed by atoms with Crippen LogP contribution in [0.25, 0.3) is 0 Å². The van der Waals surface area contributed by atoms with E-state index in [4.69, 9.17) is 4.74 Å². The molecule has 84 valence electrons. The second-order valence-electron chi connectivity index (χ2n) is 3.42. The fraction of sp³-hybridized carbons (Fsp3) is 0.462. The van der Waals surface area contributed by atoms with E-state index in [1.807, 2.05) is 25.2 Å². The minimum Gasteiger partial charge on any atom is -0.497 e. The molecule has 0 unspecified atom stereocenters. The Bertz CT molecular complexity index is 272. The highest BCUT2D eigenvalue weighted by molar-refractivity contribution is 5.75. The molecule has 0 amide bonds. The average molecular weight is 208 g/mol. The summed E-state index contributed by atoms with van der Waals surface area (Å²) in [4.78, 5) is 10.8. The minimum absolute atomic E-state index is 0.246. The zero-order chi connectivity index (χ0) is 11.7. The van der Waals surface area contributed by atoms with Crippen molar-refractivity contribution in [2.24, 2.45) is 0 Å². The van der Waals surface area contributed by atoms with E-state index >= 15 is 0 Å². The fourth-order valence-corrected chi connectivity index (χ4v) is 1.13. The molecule has 0 N–H and O–H groups in total. The highest BCUT2D eigenvalue weighted by Crippen LogP contribution is 2.10. The zero-order valence-electron chi connectivity index (χ0n) is 9.88. The minimum atomic E-state index is 0.246. The van der Waals surface area contributed by atoms with Crippen molar-refractivity contribution in [2.45, 2.75) is 33.1 Å². The molecule has 0 aromatic heterocycles. The molecule has 0 spiro atoms. The number of ketones is 1. The van der Waals surface area contributed by atoms with Crippen molar-refractivity contribution in [3.63, 3.8) is 0 Å². The Labute approximate surface area is 92.3 Å². The van der Waals surface area contributed by atoms with Gasteiger partial charge in [-0.3, -0.25) is 0 Å². The maximum Gasteiger partial charge on any atom is 0.129 e. The van der Waals surface area contributed by atoms with Crippen molar-refractivity contribution in [3.8, 4) is 0 Å². The number of hydrogen-bond acceptors (Lipinski definition) is 2. The molecule has 0 aliphatic carbocycles. The molecule has 0 aromatic carbocycles. The van der Waals surface area contributed by atoms with Gasteiger partial charge in [0.1, 0.15) is 11.5 Å². The number of ether oxygens (including phenoxy) is 1. The number of allylic oxidation sites excluding steroid dienone is 4. The average Bonchev–Trinajstić information content (AvgIpc) is 2.22. The van der Waals surface area contributed by atoms with E-state index in [9.17, 15) is 4.79 Å². The van der Waals surface area contributed by atoms with Crippen molar-refractivity contribution in [2.75, 3.05) is 7.11 Å². The highest BCUT2D eigenvalue weighted by Gasteiger charge is 1.96. The summed E-state index contributed by atoms with van der Waals surface area (Å²) in [6, 6.07) is 0.